The van der Waals surface area contributed by atoms with E-state index in [1.807, 2.05) is 16.7 Å². The average molecular weight is 468 g/mol. The lowest BCUT2D eigenvalue weighted by atomic mass is 10.2. The number of aromatic nitrogens is 3. The molecule has 0 saturated carbocycles. The van der Waals surface area contributed by atoms with Gasteiger partial charge in [-0.1, -0.05) is 64.8 Å². The molecule has 1 heterocycles. The summed E-state index contributed by atoms with van der Waals surface area (Å²) in [5.41, 5.74) is 1.69. The van der Waals surface area contributed by atoms with Gasteiger partial charge >= 0.3 is 0 Å². The predicted molar refractivity (Wildman–Crippen MR) is 120 cm³/mol. The first-order valence-electron chi connectivity index (χ1n) is 8.61. The number of halogens is 3. The van der Waals surface area contributed by atoms with E-state index in [9.17, 15) is 4.79 Å². The number of hydrogen-bond acceptors (Lipinski definition) is 4. The Balaban J connectivity index is 1.67. The van der Waals surface area contributed by atoms with E-state index in [0.29, 0.717) is 44.7 Å². The lowest BCUT2D eigenvalue weighted by molar-refractivity contribution is -0.118. The summed E-state index contributed by atoms with van der Waals surface area (Å²) in [4.78, 5) is 12.2. The molecule has 0 fully saturated rings. The van der Waals surface area contributed by atoms with Crippen LogP contribution in [0.5, 0.6) is 0 Å². The smallest absolute Gasteiger partial charge is 0.230 e. The van der Waals surface area contributed by atoms with Gasteiger partial charge in [0.1, 0.15) is 0 Å². The number of thioether (sulfide) groups is 1. The zero-order valence-corrected chi connectivity index (χ0v) is 18.3. The Bertz CT molecular complexity index is 1020. The van der Waals surface area contributed by atoms with Crippen LogP contribution in [0.25, 0.3) is 11.4 Å². The molecule has 5 nitrogen and oxygen atoms in total. The maximum absolute atomic E-state index is 12.2. The fourth-order valence-electron chi connectivity index (χ4n) is 2.54. The number of hydrogen-bond donors (Lipinski definition) is 1. The number of allylic oxidation sites excluding steroid dienone is 1. The fraction of sp³-hybridized carbons (Fsp3) is 0.150. The highest BCUT2D eigenvalue weighted by molar-refractivity contribution is 7.99. The van der Waals surface area contributed by atoms with Gasteiger partial charge in [-0.05, 0) is 35.9 Å². The monoisotopic (exact) mass is 466 g/mol. The minimum absolute atomic E-state index is 0.107. The van der Waals surface area contributed by atoms with Crippen LogP contribution in [0.4, 0.5) is 0 Å². The van der Waals surface area contributed by atoms with Crippen LogP contribution >= 0.6 is 46.6 Å². The van der Waals surface area contributed by atoms with Gasteiger partial charge in [0, 0.05) is 28.7 Å². The van der Waals surface area contributed by atoms with Gasteiger partial charge in [-0.15, -0.1) is 16.8 Å². The highest BCUT2D eigenvalue weighted by Crippen LogP contribution is 2.31. The first-order valence-corrected chi connectivity index (χ1v) is 10.7. The van der Waals surface area contributed by atoms with E-state index in [4.69, 9.17) is 34.8 Å². The van der Waals surface area contributed by atoms with Crippen LogP contribution in [-0.2, 0) is 17.9 Å². The molecule has 1 amide bonds. The van der Waals surface area contributed by atoms with Crippen molar-refractivity contribution in [3.8, 4) is 11.4 Å². The van der Waals surface area contributed by atoms with E-state index in [1.165, 1.54) is 11.8 Å². The molecule has 0 aliphatic heterocycles. The number of nitrogens with zero attached hydrogens (tertiary/aromatic N) is 3. The summed E-state index contributed by atoms with van der Waals surface area (Å²) in [6, 6.07) is 12.5. The fourth-order valence-corrected chi connectivity index (χ4v) is 3.94. The normalized spacial score (nSPS) is 10.7. The summed E-state index contributed by atoms with van der Waals surface area (Å²) >= 11 is 19.5. The second kappa shape index (κ2) is 10.2. The van der Waals surface area contributed by atoms with Crippen LogP contribution in [0, 0.1) is 0 Å². The van der Waals surface area contributed by atoms with Crippen molar-refractivity contribution >= 4 is 52.5 Å². The highest BCUT2D eigenvalue weighted by Gasteiger charge is 2.17. The number of carbonyl (C=O) groups is 1. The number of nitrogens with one attached hydrogen (secondary N) is 1. The number of benzene rings is 2. The van der Waals surface area contributed by atoms with Crippen molar-refractivity contribution in [2.24, 2.45) is 0 Å². The van der Waals surface area contributed by atoms with E-state index in [0.717, 1.165) is 5.56 Å². The second-order valence-electron chi connectivity index (χ2n) is 6.02. The summed E-state index contributed by atoms with van der Waals surface area (Å²) in [6.07, 6.45) is 1.74. The standard InChI is InChI=1S/C20H17Cl3N4OS/c1-2-9-27-19(16-8-7-15(22)10-17(16)23)25-26-20(27)29-12-18(28)24-11-13-3-5-14(21)6-4-13/h2-8,10H,1,9,11-12H2,(H,24,28). The molecule has 0 aliphatic rings. The molecule has 29 heavy (non-hydrogen) atoms. The van der Waals surface area contributed by atoms with Crippen LogP contribution < -0.4 is 5.32 Å². The van der Waals surface area contributed by atoms with Gasteiger partial charge in [0.05, 0.1) is 10.8 Å². The summed E-state index contributed by atoms with van der Waals surface area (Å²) in [5, 5.41) is 13.6. The van der Waals surface area contributed by atoms with Crippen LogP contribution in [0.2, 0.25) is 15.1 Å². The van der Waals surface area contributed by atoms with Gasteiger partial charge in [-0.3, -0.25) is 9.36 Å². The molecular formula is C20H17Cl3N4OS. The van der Waals surface area contributed by atoms with Gasteiger partial charge in [0.25, 0.3) is 0 Å². The van der Waals surface area contributed by atoms with Gasteiger partial charge in [-0.25, -0.2) is 0 Å². The van der Waals surface area contributed by atoms with Crippen molar-refractivity contribution < 1.29 is 4.79 Å². The maximum Gasteiger partial charge on any atom is 0.230 e. The van der Waals surface area contributed by atoms with Gasteiger partial charge < -0.3 is 5.32 Å². The quantitative estimate of drug-likeness (QED) is 0.351. The number of rotatable bonds is 8. The SMILES string of the molecule is C=CCn1c(SCC(=O)NCc2ccc(Cl)cc2)nnc1-c1ccc(Cl)cc1Cl. The van der Waals surface area contributed by atoms with Gasteiger partial charge in [0.2, 0.25) is 5.91 Å². The Morgan fingerprint density at radius 1 is 1.10 bits per heavy atom. The van der Waals surface area contributed by atoms with E-state index in [1.54, 1.807) is 36.4 Å². The predicted octanol–water partition coefficient (Wildman–Crippen LogP) is 5.50. The van der Waals surface area contributed by atoms with Crippen LogP contribution in [0.1, 0.15) is 5.56 Å². The second-order valence-corrected chi connectivity index (χ2v) is 8.24. The van der Waals surface area contributed by atoms with Crippen molar-refractivity contribution in [3.05, 3.63) is 75.8 Å². The Morgan fingerprint density at radius 3 is 2.52 bits per heavy atom. The molecule has 0 bridgehead atoms. The molecule has 0 aliphatic carbocycles. The molecule has 0 saturated heterocycles. The van der Waals surface area contributed by atoms with Crippen LogP contribution in [-0.4, -0.2) is 26.4 Å². The van der Waals surface area contributed by atoms with Crippen molar-refractivity contribution in [1.82, 2.24) is 20.1 Å². The Morgan fingerprint density at radius 2 is 1.83 bits per heavy atom. The van der Waals surface area contributed by atoms with Crippen molar-refractivity contribution in [2.45, 2.75) is 18.2 Å². The molecule has 0 radical (unpaired) electrons. The van der Waals surface area contributed by atoms with E-state index in [2.05, 4.69) is 22.1 Å². The van der Waals surface area contributed by atoms with Crippen LogP contribution in [0.3, 0.4) is 0 Å². The molecular weight excluding hydrogens is 451 g/mol. The Hall–Kier alpha value is -1.99. The Kier molecular flexibility index (Phi) is 7.61. The molecule has 1 N–H and O–H groups in total. The summed E-state index contributed by atoms with van der Waals surface area (Å²) in [6.45, 7) is 4.70. The highest BCUT2D eigenvalue weighted by atomic mass is 35.5. The summed E-state index contributed by atoms with van der Waals surface area (Å²) in [5.74, 6) is 0.692. The maximum atomic E-state index is 12.2. The van der Waals surface area contributed by atoms with E-state index in [-0.39, 0.29) is 11.7 Å². The minimum Gasteiger partial charge on any atom is -0.351 e. The Labute approximate surface area is 188 Å². The first kappa shape index (κ1) is 21.7. The zero-order valence-electron chi connectivity index (χ0n) is 15.2. The molecule has 0 unspecified atom stereocenters. The lowest BCUT2D eigenvalue weighted by Crippen LogP contribution is -2.24. The van der Waals surface area contributed by atoms with E-state index >= 15 is 0 Å². The molecule has 0 spiro atoms. The summed E-state index contributed by atoms with van der Waals surface area (Å²) < 4.78 is 1.86. The molecule has 1 aromatic heterocycles. The van der Waals surface area contributed by atoms with Crippen molar-refractivity contribution in [2.75, 3.05) is 5.75 Å². The van der Waals surface area contributed by atoms with Gasteiger partial charge in [0.15, 0.2) is 11.0 Å². The zero-order chi connectivity index (χ0) is 20.8. The van der Waals surface area contributed by atoms with Crippen molar-refractivity contribution in [3.63, 3.8) is 0 Å². The van der Waals surface area contributed by atoms with Gasteiger partial charge in [-0.2, -0.15) is 0 Å². The molecule has 0 atom stereocenters. The molecule has 3 rings (SSSR count). The number of carbonyl (C=O) groups excluding carboxylic acids is 1. The minimum atomic E-state index is -0.107. The molecule has 150 valence electrons. The summed E-state index contributed by atoms with van der Waals surface area (Å²) in [7, 11) is 0. The topological polar surface area (TPSA) is 59.8 Å². The average Bonchev–Trinajstić information content (AvgIpc) is 3.09. The third-order valence-corrected chi connectivity index (χ3v) is 5.70. The van der Waals surface area contributed by atoms with Crippen LogP contribution in [0.15, 0.2) is 60.3 Å². The third kappa shape index (κ3) is 5.76. The number of amides is 1. The van der Waals surface area contributed by atoms with Crippen molar-refractivity contribution in [1.29, 1.82) is 0 Å². The lowest BCUT2D eigenvalue weighted by Gasteiger charge is -2.09. The largest absolute Gasteiger partial charge is 0.351 e. The molecule has 3 aromatic rings. The molecule has 9 heteroatoms. The van der Waals surface area contributed by atoms with E-state index < -0.39 is 0 Å². The molecule has 2 aromatic carbocycles. The third-order valence-electron chi connectivity index (χ3n) is 3.94. The first-order chi connectivity index (χ1) is 14.0.